The van der Waals surface area contributed by atoms with Gasteiger partial charge in [0.25, 0.3) is 0 Å². The predicted molar refractivity (Wildman–Crippen MR) is 115 cm³/mol. The first-order valence-electron chi connectivity index (χ1n) is 9.64. The SMILES string of the molecule is C\C=C/C=C(\C=C/CC)n1c(C2=CCC(C)C=C2)nnc1-c1ccccc1. The van der Waals surface area contributed by atoms with Gasteiger partial charge in [0, 0.05) is 16.8 Å². The van der Waals surface area contributed by atoms with Gasteiger partial charge in [0.05, 0.1) is 0 Å². The van der Waals surface area contributed by atoms with Crippen LogP contribution in [0.4, 0.5) is 0 Å². The Morgan fingerprint density at radius 3 is 2.63 bits per heavy atom. The van der Waals surface area contributed by atoms with Crippen LogP contribution in [0.5, 0.6) is 0 Å². The highest BCUT2D eigenvalue weighted by Gasteiger charge is 2.19. The Morgan fingerprint density at radius 2 is 1.96 bits per heavy atom. The molecule has 1 aliphatic carbocycles. The third-order valence-corrected chi connectivity index (χ3v) is 4.51. The Kier molecular flexibility index (Phi) is 6.37. The summed E-state index contributed by atoms with van der Waals surface area (Å²) in [6, 6.07) is 10.2. The summed E-state index contributed by atoms with van der Waals surface area (Å²) in [6.07, 6.45) is 19.2. The van der Waals surface area contributed by atoms with E-state index in [9.17, 15) is 0 Å². The zero-order valence-corrected chi connectivity index (χ0v) is 16.3. The molecule has 0 saturated carbocycles. The van der Waals surface area contributed by atoms with Crippen LogP contribution in [0.2, 0.25) is 0 Å². The molecule has 0 saturated heterocycles. The van der Waals surface area contributed by atoms with Crippen LogP contribution >= 0.6 is 0 Å². The lowest BCUT2D eigenvalue weighted by molar-refractivity contribution is 0.738. The molecular weight excluding hydrogens is 330 g/mol. The van der Waals surface area contributed by atoms with Crippen LogP contribution in [0.3, 0.4) is 0 Å². The molecule has 1 aliphatic rings. The summed E-state index contributed by atoms with van der Waals surface area (Å²) in [7, 11) is 0. The highest BCUT2D eigenvalue weighted by Crippen LogP contribution is 2.29. The van der Waals surface area contributed by atoms with Crippen molar-refractivity contribution in [2.24, 2.45) is 5.92 Å². The first-order chi connectivity index (χ1) is 13.2. The van der Waals surface area contributed by atoms with Gasteiger partial charge in [-0.3, -0.25) is 4.57 Å². The van der Waals surface area contributed by atoms with Gasteiger partial charge in [-0.05, 0) is 37.8 Å². The minimum Gasteiger partial charge on any atom is -0.275 e. The van der Waals surface area contributed by atoms with E-state index in [2.05, 4.69) is 83.3 Å². The molecule has 0 fully saturated rings. The van der Waals surface area contributed by atoms with Crippen molar-refractivity contribution in [3.8, 4) is 11.4 Å². The normalized spacial score (nSPS) is 17.8. The minimum atomic E-state index is 0.566. The lowest BCUT2D eigenvalue weighted by atomic mass is 9.98. The standard InChI is InChI=1S/C24H27N3/c1-4-6-13-22(14-7-5-2)27-23(20-11-9-8-10-12-20)25-26-24(27)21-17-15-19(3)16-18-21/h4,6-15,17-19H,5,16H2,1-3H3/b6-4-,14-7-,22-13+. The van der Waals surface area contributed by atoms with E-state index >= 15 is 0 Å². The van der Waals surface area contributed by atoms with Gasteiger partial charge in [-0.15, -0.1) is 10.2 Å². The van der Waals surface area contributed by atoms with E-state index in [1.165, 1.54) is 0 Å². The largest absolute Gasteiger partial charge is 0.275 e. The predicted octanol–water partition coefficient (Wildman–Crippen LogP) is 6.31. The second-order valence-corrected chi connectivity index (χ2v) is 6.71. The van der Waals surface area contributed by atoms with E-state index in [4.69, 9.17) is 0 Å². The van der Waals surface area contributed by atoms with Crippen LogP contribution in [0.1, 0.15) is 39.4 Å². The van der Waals surface area contributed by atoms with Gasteiger partial charge in [-0.1, -0.05) is 80.6 Å². The molecule has 1 heterocycles. The topological polar surface area (TPSA) is 30.7 Å². The summed E-state index contributed by atoms with van der Waals surface area (Å²) in [6.45, 7) is 6.39. The molecule has 3 nitrogen and oxygen atoms in total. The molecule has 1 aromatic carbocycles. The molecule has 0 amide bonds. The van der Waals surface area contributed by atoms with Gasteiger partial charge in [0.1, 0.15) is 0 Å². The molecule has 138 valence electrons. The molecule has 1 unspecified atom stereocenters. The van der Waals surface area contributed by atoms with E-state index in [1.807, 2.05) is 31.2 Å². The molecular formula is C24H27N3. The molecule has 0 bridgehead atoms. The number of nitrogens with zero attached hydrogens (tertiary/aromatic N) is 3. The number of rotatable bonds is 6. The maximum absolute atomic E-state index is 4.57. The summed E-state index contributed by atoms with van der Waals surface area (Å²) in [5, 5.41) is 9.13. The molecule has 0 spiro atoms. The van der Waals surface area contributed by atoms with Gasteiger partial charge in [-0.2, -0.15) is 0 Å². The van der Waals surface area contributed by atoms with Gasteiger partial charge in [-0.25, -0.2) is 0 Å². The monoisotopic (exact) mass is 357 g/mol. The zero-order valence-electron chi connectivity index (χ0n) is 16.3. The average molecular weight is 358 g/mol. The molecule has 1 aromatic heterocycles. The van der Waals surface area contributed by atoms with E-state index in [0.717, 1.165) is 41.3 Å². The smallest absolute Gasteiger partial charge is 0.168 e. The van der Waals surface area contributed by atoms with Crippen molar-refractivity contribution in [3.63, 3.8) is 0 Å². The number of benzene rings is 1. The fraction of sp³-hybridized carbons (Fsp3) is 0.250. The van der Waals surface area contributed by atoms with Crippen LogP contribution in [0, 0.1) is 5.92 Å². The van der Waals surface area contributed by atoms with Crippen LogP contribution < -0.4 is 0 Å². The molecule has 0 aliphatic heterocycles. The average Bonchev–Trinajstić information content (AvgIpc) is 3.14. The molecule has 1 atom stereocenters. The van der Waals surface area contributed by atoms with Gasteiger partial charge >= 0.3 is 0 Å². The highest BCUT2D eigenvalue weighted by atomic mass is 15.3. The first kappa shape index (κ1) is 18.8. The molecule has 0 N–H and O–H groups in total. The fourth-order valence-corrected chi connectivity index (χ4v) is 3.02. The number of aromatic nitrogens is 3. The number of hydrogen-bond donors (Lipinski definition) is 0. The summed E-state index contributed by atoms with van der Waals surface area (Å²) in [4.78, 5) is 0. The summed E-state index contributed by atoms with van der Waals surface area (Å²) >= 11 is 0. The lowest BCUT2D eigenvalue weighted by Crippen LogP contribution is -2.05. The summed E-state index contributed by atoms with van der Waals surface area (Å²) in [5.41, 5.74) is 3.24. The Morgan fingerprint density at radius 1 is 1.19 bits per heavy atom. The van der Waals surface area contributed by atoms with Crippen LogP contribution in [-0.2, 0) is 0 Å². The molecule has 3 heteroatoms. The first-order valence-corrected chi connectivity index (χ1v) is 9.64. The zero-order chi connectivity index (χ0) is 19.1. The number of hydrogen-bond acceptors (Lipinski definition) is 2. The van der Waals surface area contributed by atoms with Crippen molar-refractivity contribution in [3.05, 3.63) is 84.8 Å². The van der Waals surface area contributed by atoms with Crippen molar-refractivity contribution < 1.29 is 0 Å². The third kappa shape index (κ3) is 4.43. The quantitative estimate of drug-likeness (QED) is 0.567. The van der Waals surface area contributed by atoms with Crippen molar-refractivity contribution in [2.75, 3.05) is 0 Å². The minimum absolute atomic E-state index is 0.566. The molecule has 2 aromatic rings. The Labute approximate surface area is 162 Å². The van der Waals surface area contributed by atoms with Crippen LogP contribution in [0.25, 0.3) is 22.7 Å². The summed E-state index contributed by atoms with van der Waals surface area (Å²) in [5.74, 6) is 2.31. The maximum atomic E-state index is 4.57. The van der Waals surface area contributed by atoms with Gasteiger partial charge in [0.15, 0.2) is 11.6 Å². The van der Waals surface area contributed by atoms with E-state index in [0.29, 0.717) is 5.92 Å². The van der Waals surface area contributed by atoms with Crippen molar-refractivity contribution in [1.29, 1.82) is 0 Å². The second kappa shape index (κ2) is 9.13. The number of allylic oxidation sites excluding steroid dienone is 10. The molecule has 27 heavy (non-hydrogen) atoms. The van der Waals surface area contributed by atoms with Crippen LogP contribution in [-0.4, -0.2) is 14.8 Å². The molecule has 0 radical (unpaired) electrons. The van der Waals surface area contributed by atoms with E-state index in [1.54, 1.807) is 0 Å². The van der Waals surface area contributed by atoms with E-state index < -0.39 is 0 Å². The van der Waals surface area contributed by atoms with Crippen LogP contribution in [0.15, 0.2) is 78.9 Å². The Bertz CT molecular complexity index is 908. The fourth-order valence-electron chi connectivity index (χ4n) is 3.02. The Hall–Kier alpha value is -2.94. The third-order valence-electron chi connectivity index (χ3n) is 4.51. The van der Waals surface area contributed by atoms with Crippen molar-refractivity contribution in [2.45, 2.75) is 33.6 Å². The lowest BCUT2D eigenvalue weighted by Gasteiger charge is -2.15. The van der Waals surface area contributed by atoms with Gasteiger partial charge < -0.3 is 0 Å². The van der Waals surface area contributed by atoms with E-state index in [-0.39, 0.29) is 0 Å². The maximum Gasteiger partial charge on any atom is 0.168 e. The van der Waals surface area contributed by atoms with Gasteiger partial charge in [0.2, 0.25) is 0 Å². The van der Waals surface area contributed by atoms with Crippen molar-refractivity contribution in [1.82, 2.24) is 14.8 Å². The van der Waals surface area contributed by atoms with Crippen molar-refractivity contribution >= 4 is 11.3 Å². The molecule has 3 rings (SSSR count). The summed E-state index contributed by atoms with van der Waals surface area (Å²) < 4.78 is 2.16. The highest BCUT2D eigenvalue weighted by molar-refractivity contribution is 5.78. The Balaban J connectivity index is 2.19. The second-order valence-electron chi connectivity index (χ2n) is 6.71.